The van der Waals surface area contributed by atoms with E-state index in [0.717, 1.165) is 31.4 Å². The van der Waals surface area contributed by atoms with E-state index in [1.807, 2.05) is 16.9 Å². The SMILES string of the molecule is Cc1cccc2c1cnn2CCC(=O)NC1CCN(C)CC1. The molecule has 5 nitrogen and oxygen atoms in total. The number of hydrogen-bond donors (Lipinski definition) is 1. The minimum absolute atomic E-state index is 0.130. The third-order valence-electron chi connectivity index (χ3n) is 4.54. The number of nitrogens with one attached hydrogen (secondary N) is 1. The molecule has 0 saturated carbocycles. The first kappa shape index (κ1) is 15.0. The highest BCUT2D eigenvalue weighted by atomic mass is 16.1. The summed E-state index contributed by atoms with van der Waals surface area (Å²) >= 11 is 0. The summed E-state index contributed by atoms with van der Waals surface area (Å²) in [6, 6.07) is 6.51. The molecule has 1 aromatic heterocycles. The highest BCUT2D eigenvalue weighted by Gasteiger charge is 2.18. The second-order valence-corrected chi connectivity index (χ2v) is 6.27. The third kappa shape index (κ3) is 3.30. The third-order valence-corrected chi connectivity index (χ3v) is 4.54. The molecule has 2 aromatic rings. The quantitative estimate of drug-likeness (QED) is 0.939. The number of hydrogen-bond acceptors (Lipinski definition) is 3. The smallest absolute Gasteiger partial charge is 0.222 e. The number of carbonyl (C=O) groups excluding carboxylic acids is 1. The van der Waals surface area contributed by atoms with Gasteiger partial charge < -0.3 is 10.2 Å². The van der Waals surface area contributed by atoms with Gasteiger partial charge in [0, 0.05) is 17.8 Å². The summed E-state index contributed by atoms with van der Waals surface area (Å²) in [7, 11) is 2.13. The molecule has 0 atom stereocenters. The molecule has 0 aliphatic carbocycles. The van der Waals surface area contributed by atoms with Gasteiger partial charge in [-0.15, -0.1) is 0 Å². The van der Waals surface area contributed by atoms with Crippen LogP contribution in [0.5, 0.6) is 0 Å². The van der Waals surface area contributed by atoms with Gasteiger partial charge in [0.2, 0.25) is 5.91 Å². The Bertz CT molecular complexity index is 656. The van der Waals surface area contributed by atoms with Gasteiger partial charge in [0.15, 0.2) is 0 Å². The number of benzene rings is 1. The van der Waals surface area contributed by atoms with E-state index in [1.54, 1.807) is 0 Å². The van der Waals surface area contributed by atoms with Crippen LogP contribution >= 0.6 is 0 Å². The molecule has 1 saturated heterocycles. The molecule has 0 unspecified atom stereocenters. The number of piperidine rings is 1. The number of fused-ring (bicyclic) bond motifs is 1. The van der Waals surface area contributed by atoms with E-state index in [1.165, 1.54) is 10.9 Å². The fourth-order valence-electron chi connectivity index (χ4n) is 3.09. The van der Waals surface area contributed by atoms with Crippen LogP contribution < -0.4 is 5.32 Å². The summed E-state index contributed by atoms with van der Waals surface area (Å²) in [5.41, 5.74) is 2.33. The Morgan fingerprint density at radius 2 is 2.14 bits per heavy atom. The predicted molar refractivity (Wildman–Crippen MR) is 87.7 cm³/mol. The number of amides is 1. The van der Waals surface area contributed by atoms with Crippen LogP contribution in [0.15, 0.2) is 24.4 Å². The number of aromatic nitrogens is 2. The number of nitrogens with zero attached hydrogens (tertiary/aromatic N) is 3. The molecular weight excluding hydrogens is 276 g/mol. The minimum atomic E-state index is 0.130. The van der Waals surface area contributed by atoms with Crippen LogP contribution in [0.1, 0.15) is 24.8 Å². The van der Waals surface area contributed by atoms with E-state index in [4.69, 9.17) is 0 Å². The van der Waals surface area contributed by atoms with Crippen molar-refractivity contribution >= 4 is 16.8 Å². The molecule has 22 heavy (non-hydrogen) atoms. The zero-order valence-corrected chi connectivity index (χ0v) is 13.4. The predicted octanol–water partition coefficient (Wildman–Crippen LogP) is 1.95. The van der Waals surface area contributed by atoms with Crippen LogP contribution in [0.2, 0.25) is 0 Å². The molecule has 1 aromatic carbocycles. The second-order valence-electron chi connectivity index (χ2n) is 6.27. The van der Waals surface area contributed by atoms with E-state index < -0.39 is 0 Å². The monoisotopic (exact) mass is 300 g/mol. The van der Waals surface area contributed by atoms with Crippen molar-refractivity contribution < 1.29 is 4.79 Å². The number of rotatable bonds is 4. The van der Waals surface area contributed by atoms with Gasteiger partial charge in [-0.3, -0.25) is 9.48 Å². The molecule has 1 aliphatic rings. The minimum Gasteiger partial charge on any atom is -0.353 e. The van der Waals surface area contributed by atoms with Crippen LogP contribution in [0.4, 0.5) is 0 Å². The summed E-state index contributed by atoms with van der Waals surface area (Å²) in [5.74, 6) is 0.130. The van der Waals surface area contributed by atoms with Crippen LogP contribution in [0.25, 0.3) is 10.9 Å². The second kappa shape index (κ2) is 6.48. The standard InChI is InChI=1S/C17H24N4O/c1-13-4-3-5-16-15(13)12-18-21(16)11-8-17(22)19-14-6-9-20(2)10-7-14/h3-5,12,14H,6-11H2,1-2H3,(H,19,22). The molecule has 1 aliphatic heterocycles. The summed E-state index contributed by atoms with van der Waals surface area (Å²) in [6.07, 6.45) is 4.47. The molecular formula is C17H24N4O. The molecule has 3 rings (SSSR count). The highest BCUT2D eigenvalue weighted by Crippen LogP contribution is 2.17. The lowest BCUT2D eigenvalue weighted by Crippen LogP contribution is -2.43. The van der Waals surface area contributed by atoms with Gasteiger partial charge in [-0.25, -0.2) is 0 Å². The summed E-state index contributed by atoms with van der Waals surface area (Å²) in [5, 5.41) is 8.73. The Kier molecular flexibility index (Phi) is 4.43. The largest absolute Gasteiger partial charge is 0.353 e. The van der Waals surface area contributed by atoms with Crippen LogP contribution in [-0.2, 0) is 11.3 Å². The van der Waals surface area contributed by atoms with E-state index in [2.05, 4.69) is 41.4 Å². The summed E-state index contributed by atoms with van der Waals surface area (Å²) in [6.45, 7) is 4.84. The van der Waals surface area contributed by atoms with Crippen molar-refractivity contribution in [2.24, 2.45) is 0 Å². The summed E-state index contributed by atoms with van der Waals surface area (Å²) < 4.78 is 1.93. The average molecular weight is 300 g/mol. The Morgan fingerprint density at radius 1 is 1.36 bits per heavy atom. The van der Waals surface area contributed by atoms with Gasteiger partial charge in [0.05, 0.1) is 18.3 Å². The van der Waals surface area contributed by atoms with E-state index in [0.29, 0.717) is 19.0 Å². The van der Waals surface area contributed by atoms with E-state index in [-0.39, 0.29) is 5.91 Å². The van der Waals surface area contributed by atoms with Gasteiger partial charge in [-0.2, -0.15) is 5.10 Å². The first-order valence-corrected chi connectivity index (χ1v) is 8.02. The maximum atomic E-state index is 12.1. The topological polar surface area (TPSA) is 50.2 Å². The zero-order chi connectivity index (χ0) is 15.5. The Hall–Kier alpha value is -1.88. The van der Waals surface area contributed by atoms with E-state index >= 15 is 0 Å². The maximum absolute atomic E-state index is 12.1. The van der Waals surface area contributed by atoms with Gasteiger partial charge in [-0.1, -0.05) is 12.1 Å². The van der Waals surface area contributed by atoms with Crippen LogP contribution in [-0.4, -0.2) is 46.8 Å². The van der Waals surface area contributed by atoms with Crippen molar-refractivity contribution in [3.8, 4) is 0 Å². The molecule has 0 radical (unpaired) electrons. The molecule has 1 N–H and O–H groups in total. The molecule has 2 heterocycles. The molecule has 1 amide bonds. The van der Waals surface area contributed by atoms with Crippen molar-refractivity contribution in [1.29, 1.82) is 0 Å². The fraction of sp³-hybridized carbons (Fsp3) is 0.529. The van der Waals surface area contributed by atoms with Gasteiger partial charge in [0.1, 0.15) is 0 Å². The highest BCUT2D eigenvalue weighted by molar-refractivity contribution is 5.82. The lowest BCUT2D eigenvalue weighted by atomic mass is 10.1. The van der Waals surface area contributed by atoms with Crippen molar-refractivity contribution in [3.63, 3.8) is 0 Å². The van der Waals surface area contributed by atoms with Crippen molar-refractivity contribution in [2.75, 3.05) is 20.1 Å². The lowest BCUT2D eigenvalue weighted by molar-refractivity contribution is -0.122. The van der Waals surface area contributed by atoms with Crippen LogP contribution in [0, 0.1) is 6.92 Å². The maximum Gasteiger partial charge on any atom is 0.222 e. The first-order valence-electron chi connectivity index (χ1n) is 8.02. The van der Waals surface area contributed by atoms with Crippen LogP contribution in [0.3, 0.4) is 0 Å². The molecule has 1 fully saturated rings. The van der Waals surface area contributed by atoms with Gasteiger partial charge in [0.25, 0.3) is 0 Å². The van der Waals surface area contributed by atoms with Crippen molar-refractivity contribution in [2.45, 2.75) is 38.8 Å². The average Bonchev–Trinajstić information content (AvgIpc) is 2.92. The van der Waals surface area contributed by atoms with E-state index in [9.17, 15) is 4.79 Å². The Morgan fingerprint density at radius 3 is 2.91 bits per heavy atom. The number of likely N-dealkylation sites (tertiary alicyclic amines) is 1. The van der Waals surface area contributed by atoms with Gasteiger partial charge in [-0.05, 0) is 51.5 Å². The molecule has 118 valence electrons. The first-order chi connectivity index (χ1) is 10.6. The summed E-state index contributed by atoms with van der Waals surface area (Å²) in [4.78, 5) is 14.4. The Balaban J connectivity index is 1.55. The molecule has 0 bridgehead atoms. The molecule has 5 heteroatoms. The lowest BCUT2D eigenvalue weighted by Gasteiger charge is -2.29. The number of aryl methyl sites for hydroxylation is 2. The fourth-order valence-corrected chi connectivity index (χ4v) is 3.09. The van der Waals surface area contributed by atoms with Crippen molar-refractivity contribution in [1.82, 2.24) is 20.0 Å². The Labute approximate surface area is 131 Å². The van der Waals surface area contributed by atoms with Gasteiger partial charge >= 0.3 is 0 Å². The normalized spacial score (nSPS) is 17.0. The van der Waals surface area contributed by atoms with Crippen molar-refractivity contribution in [3.05, 3.63) is 30.0 Å². The molecule has 0 spiro atoms. The zero-order valence-electron chi connectivity index (χ0n) is 13.4. The number of carbonyl (C=O) groups is 1.